The molecule has 1 unspecified atom stereocenters. The van der Waals surface area contributed by atoms with Crippen molar-refractivity contribution in [2.45, 2.75) is 34.1 Å². The van der Waals surface area contributed by atoms with E-state index < -0.39 is 0 Å². The molecule has 0 spiro atoms. The maximum absolute atomic E-state index is 9.44. The van der Waals surface area contributed by atoms with Crippen molar-refractivity contribution in [1.82, 2.24) is 0 Å². The molecule has 0 bridgehead atoms. The third kappa shape index (κ3) is 5.11. The van der Waals surface area contributed by atoms with Gasteiger partial charge in [-0.1, -0.05) is 39.8 Å². The molecule has 0 fully saturated rings. The number of para-hydroxylation sites is 2. The number of ether oxygens (including phenoxy) is 1. The summed E-state index contributed by atoms with van der Waals surface area (Å²) < 4.78 is 5.81. The lowest BCUT2D eigenvalue weighted by Crippen LogP contribution is -2.29. The molecule has 0 saturated heterocycles. The Bertz CT molecular complexity index is 373. The first-order valence-electron chi connectivity index (χ1n) is 7.07. The third-order valence-corrected chi connectivity index (χ3v) is 3.40. The van der Waals surface area contributed by atoms with Gasteiger partial charge in [-0.25, -0.2) is 0 Å². The highest BCUT2D eigenvalue weighted by molar-refractivity contribution is 5.56. The van der Waals surface area contributed by atoms with Crippen molar-refractivity contribution in [3.8, 4) is 5.75 Å². The Hall–Kier alpha value is -1.22. The zero-order chi connectivity index (χ0) is 14.3. The van der Waals surface area contributed by atoms with Crippen molar-refractivity contribution < 1.29 is 9.84 Å². The second-order valence-corrected chi connectivity index (χ2v) is 5.88. The number of rotatable bonds is 8. The minimum absolute atomic E-state index is 0.0921. The van der Waals surface area contributed by atoms with Crippen LogP contribution in [0.25, 0.3) is 0 Å². The van der Waals surface area contributed by atoms with Crippen LogP contribution in [0.15, 0.2) is 24.3 Å². The average Bonchev–Trinajstić information content (AvgIpc) is 2.43. The summed E-state index contributed by atoms with van der Waals surface area (Å²) in [5, 5.41) is 12.8. The van der Waals surface area contributed by atoms with Gasteiger partial charge in [0.25, 0.3) is 0 Å². The molecule has 1 atom stereocenters. The standard InChI is InChI=1S/C16H27NO2/c1-5-16(4,12-18)11-17-14-8-6-7-9-15(14)19-10-13(2)3/h6-9,13,17-18H,5,10-12H2,1-4H3. The van der Waals surface area contributed by atoms with E-state index in [1.807, 2.05) is 24.3 Å². The summed E-state index contributed by atoms with van der Waals surface area (Å²) >= 11 is 0. The molecular weight excluding hydrogens is 238 g/mol. The molecule has 0 radical (unpaired) electrons. The fraction of sp³-hybridized carbons (Fsp3) is 0.625. The van der Waals surface area contributed by atoms with Crippen molar-refractivity contribution in [1.29, 1.82) is 0 Å². The van der Waals surface area contributed by atoms with Crippen LogP contribution < -0.4 is 10.1 Å². The lowest BCUT2D eigenvalue weighted by Gasteiger charge is -2.27. The van der Waals surface area contributed by atoms with Gasteiger partial charge in [-0.2, -0.15) is 0 Å². The normalized spacial score (nSPS) is 14.2. The lowest BCUT2D eigenvalue weighted by atomic mass is 9.88. The Morgan fingerprint density at radius 3 is 2.58 bits per heavy atom. The highest BCUT2D eigenvalue weighted by atomic mass is 16.5. The summed E-state index contributed by atoms with van der Waals surface area (Å²) in [5.74, 6) is 1.39. The Balaban J connectivity index is 2.67. The first-order chi connectivity index (χ1) is 9.00. The van der Waals surface area contributed by atoms with Crippen molar-refractivity contribution >= 4 is 5.69 Å². The van der Waals surface area contributed by atoms with Crippen molar-refractivity contribution in [2.24, 2.45) is 11.3 Å². The van der Waals surface area contributed by atoms with Crippen LogP contribution in [0, 0.1) is 11.3 Å². The number of nitrogens with one attached hydrogen (secondary N) is 1. The molecule has 19 heavy (non-hydrogen) atoms. The molecular formula is C16H27NO2. The second kappa shape index (κ2) is 7.39. The average molecular weight is 265 g/mol. The first-order valence-corrected chi connectivity index (χ1v) is 7.07. The molecule has 2 N–H and O–H groups in total. The molecule has 0 aliphatic carbocycles. The number of benzene rings is 1. The fourth-order valence-electron chi connectivity index (χ4n) is 1.60. The highest BCUT2D eigenvalue weighted by Crippen LogP contribution is 2.27. The summed E-state index contributed by atoms with van der Waals surface area (Å²) in [7, 11) is 0. The molecule has 0 saturated carbocycles. The Kier molecular flexibility index (Phi) is 6.16. The first kappa shape index (κ1) is 15.8. The van der Waals surface area contributed by atoms with Crippen molar-refractivity contribution in [3.63, 3.8) is 0 Å². The molecule has 108 valence electrons. The van der Waals surface area contributed by atoms with Gasteiger partial charge in [0.15, 0.2) is 0 Å². The second-order valence-electron chi connectivity index (χ2n) is 5.88. The van der Waals surface area contributed by atoms with Gasteiger partial charge in [0.1, 0.15) is 5.75 Å². The number of anilines is 1. The van der Waals surface area contributed by atoms with E-state index in [4.69, 9.17) is 4.74 Å². The molecule has 0 aliphatic heterocycles. The summed E-state index contributed by atoms with van der Waals surface area (Å²) in [6, 6.07) is 7.97. The monoisotopic (exact) mass is 265 g/mol. The van der Waals surface area contributed by atoms with Gasteiger partial charge in [-0.15, -0.1) is 0 Å². The van der Waals surface area contributed by atoms with E-state index in [-0.39, 0.29) is 12.0 Å². The molecule has 0 aliphatic rings. The topological polar surface area (TPSA) is 41.5 Å². The molecule has 0 amide bonds. The number of aliphatic hydroxyl groups excluding tert-OH is 1. The van der Waals surface area contributed by atoms with Crippen LogP contribution in [-0.4, -0.2) is 24.9 Å². The van der Waals surface area contributed by atoms with E-state index in [1.54, 1.807) is 0 Å². The minimum atomic E-state index is -0.0921. The van der Waals surface area contributed by atoms with E-state index in [1.165, 1.54) is 0 Å². The van der Waals surface area contributed by atoms with Crippen LogP contribution in [0.2, 0.25) is 0 Å². The SMILES string of the molecule is CCC(C)(CO)CNc1ccccc1OCC(C)C. The van der Waals surface area contributed by atoms with E-state index >= 15 is 0 Å². The number of hydrogen-bond acceptors (Lipinski definition) is 3. The van der Waals surface area contributed by atoms with Gasteiger partial charge in [0, 0.05) is 12.0 Å². The molecule has 3 heteroatoms. The summed E-state index contributed by atoms with van der Waals surface area (Å²) in [4.78, 5) is 0. The molecule has 1 rings (SSSR count). The smallest absolute Gasteiger partial charge is 0.142 e. The van der Waals surface area contributed by atoms with Crippen LogP contribution in [-0.2, 0) is 0 Å². The lowest BCUT2D eigenvalue weighted by molar-refractivity contribution is 0.149. The number of aliphatic hydroxyl groups is 1. The van der Waals surface area contributed by atoms with Gasteiger partial charge >= 0.3 is 0 Å². The summed E-state index contributed by atoms with van der Waals surface area (Å²) in [6.45, 7) is 10.1. The zero-order valence-electron chi connectivity index (χ0n) is 12.6. The van der Waals surface area contributed by atoms with E-state index in [0.29, 0.717) is 12.5 Å². The Labute approximate surface area is 117 Å². The molecule has 1 aromatic carbocycles. The quantitative estimate of drug-likeness (QED) is 0.755. The highest BCUT2D eigenvalue weighted by Gasteiger charge is 2.21. The van der Waals surface area contributed by atoms with Crippen LogP contribution >= 0.6 is 0 Å². The predicted octanol–water partition coefficient (Wildman–Crippen LogP) is 3.54. The van der Waals surface area contributed by atoms with Crippen molar-refractivity contribution in [2.75, 3.05) is 25.1 Å². The van der Waals surface area contributed by atoms with Crippen molar-refractivity contribution in [3.05, 3.63) is 24.3 Å². The van der Waals surface area contributed by atoms with Gasteiger partial charge < -0.3 is 15.2 Å². The third-order valence-electron chi connectivity index (χ3n) is 3.40. The van der Waals surface area contributed by atoms with E-state index in [0.717, 1.165) is 24.4 Å². The van der Waals surface area contributed by atoms with Crippen LogP contribution in [0.3, 0.4) is 0 Å². The Morgan fingerprint density at radius 2 is 2.00 bits per heavy atom. The maximum atomic E-state index is 9.44. The fourth-order valence-corrected chi connectivity index (χ4v) is 1.60. The molecule has 0 aromatic heterocycles. The van der Waals surface area contributed by atoms with Crippen LogP contribution in [0.5, 0.6) is 5.75 Å². The molecule has 3 nitrogen and oxygen atoms in total. The maximum Gasteiger partial charge on any atom is 0.142 e. The predicted molar refractivity (Wildman–Crippen MR) is 80.7 cm³/mol. The molecule has 1 aromatic rings. The van der Waals surface area contributed by atoms with E-state index in [2.05, 4.69) is 33.0 Å². The summed E-state index contributed by atoms with van der Waals surface area (Å²) in [5.41, 5.74) is 0.904. The minimum Gasteiger partial charge on any atom is -0.491 e. The molecule has 0 heterocycles. The zero-order valence-corrected chi connectivity index (χ0v) is 12.6. The van der Waals surface area contributed by atoms with Crippen LogP contribution in [0.1, 0.15) is 34.1 Å². The Morgan fingerprint density at radius 1 is 1.32 bits per heavy atom. The van der Waals surface area contributed by atoms with E-state index in [9.17, 15) is 5.11 Å². The van der Waals surface area contributed by atoms with Gasteiger partial charge in [0.05, 0.1) is 18.9 Å². The van der Waals surface area contributed by atoms with Crippen LogP contribution in [0.4, 0.5) is 5.69 Å². The largest absolute Gasteiger partial charge is 0.491 e. The van der Waals surface area contributed by atoms with Gasteiger partial charge in [-0.3, -0.25) is 0 Å². The summed E-state index contributed by atoms with van der Waals surface area (Å²) in [6.07, 6.45) is 0.936. The van der Waals surface area contributed by atoms with Gasteiger partial charge in [0.2, 0.25) is 0 Å². The number of hydrogen-bond donors (Lipinski definition) is 2. The van der Waals surface area contributed by atoms with Gasteiger partial charge in [-0.05, 0) is 24.5 Å².